The Morgan fingerprint density at radius 1 is 1.44 bits per heavy atom. The second kappa shape index (κ2) is 6.97. The number of rotatable bonds is 6. The fourth-order valence-corrected chi connectivity index (χ4v) is 2.03. The molecule has 6 nitrogen and oxygen atoms in total. The van der Waals surface area contributed by atoms with Crippen molar-refractivity contribution in [2.45, 2.75) is 4.90 Å². The van der Waals surface area contributed by atoms with E-state index in [1.54, 1.807) is 19.2 Å². The van der Waals surface area contributed by atoms with Crippen molar-refractivity contribution in [3.63, 3.8) is 0 Å². The molecule has 1 aromatic carbocycles. The van der Waals surface area contributed by atoms with Crippen LogP contribution in [-0.4, -0.2) is 46.8 Å². The van der Waals surface area contributed by atoms with Crippen molar-refractivity contribution >= 4 is 23.4 Å². The molecule has 0 aliphatic heterocycles. The molecule has 0 fully saturated rings. The summed E-state index contributed by atoms with van der Waals surface area (Å²) in [4.78, 5) is 23.8. The van der Waals surface area contributed by atoms with Crippen molar-refractivity contribution in [2.24, 2.45) is 0 Å². The van der Waals surface area contributed by atoms with E-state index in [0.29, 0.717) is 6.54 Å². The lowest BCUT2D eigenvalue weighted by atomic mass is 10.3. The topological polar surface area (TPSA) is 83.7 Å². The van der Waals surface area contributed by atoms with Crippen molar-refractivity contribution in [2.75, 3.05) is 26.0 Å². The Labute approximate surface area is 109 Å². The largest absolute Gasteiger partial charge is 0.395 e. The van der Waals surface area contributed by atoms with E-state index < -0.39 is 4.92 Å². The van der Waals surface area contributed by atoms with Gasteiger partial charge in [-0.25, -0.2) is 0 Å². The number of carbonyl (C=O) groups excluding carboxylic acids is 1. The molecule has 7 heteroatoms. The number of nitro benzene ring substituents is 1. The van der Waals surface area contributed by atoms with E-state index in [1.807, 2.05) is 0 Å². The molecule has 1 amide bonds. The zero-order valence-corrected chi connectivity index (χ0v) is 10.7. The van der Waals surface area contributed by atoms with E-state index in [2.05, 4.69) is 0 Å². The second-order valence-electron chi connectivity index (χ2n) is 3.58. The van der Waals surface area contributed by atoms with Crippen LogP contribution in [0.2, 0.25) is 0 Å². The zero-order valence-electron chi connectivity index (χ0n) is 9.91. The van der Waals surface area contributed by atoms with Gasteiger partial charge in [-0.1, -0.05) is 0 Å². The molecule has 0 aliphatic carbocycles. The summed E-state index contributed by atoms with van der Waals surface area (Å²) >= 11 is 1.31. The lowest BCUT2D eigenvalue weighted by molar-refractivity contribution is -0.384. The van der Waals surface area contributed by atoms with Crippen LogP contribution < -0.4 is 0 Å². The van der Waals surface area contributed by atoms with Crippen LogP contribution in [0.1, 0.15) is 0 Å². The number of aliphatic hydroxyl groups excluding tert-OH is 1. The number of thioether (sulfide) groups is 1. The Morgan fingerprint density at radius 3 is 2.56 bits per heavy atom. The Morgan fingerprint density at radius 2 is 2.06 bits per heavy atom. The third-order valence-corrected chi connectivity index (χ3v) is 3.27. The minimum atomic E-state index is -0.464. The number of aliphatic hydroxyl groups is 1. The average molecular weight is 270 g/mol. The predicted molar refractivity (Wildman–Crippen MR) is 68.5 cm³/mol. The van der Waals surface area contributed by atoms with Crippen LogP contribution in [0, 0.1) is 10.1 Å². The highest BCUT2D eigenvalue weighted by Gasteiger charge is 2.09. The molecule has 0 spiro atoms. The number of benzene rings is 1. The lowest BCUT2D eigenvalue weighted by Gasteiger charge is -2.14. The van der Waals surface area contributed by atoms with Gasteiger partial charge in [-0.2, -0.15) is 0 Å². The fraction of sp³-hybridized carbons (Fsp3) is 0.364. The van der Waals surface area contributed by atoms with Crippen LogP contribution in [0.15, 0.2) is 29.2 Å². The Hall–Kier alpha value is -1.60. The maximum Gasteiger partial charge on any atom is 0.269 e. The Balaban J connectivity index is 2.48. The maximum absolute atomic E-state index is 11.6. The molecule has 0 saturated heterocycles. The molecule has 0 bridgehead atoms. The molecule has 98 valence electrons. The number of hydrogen-bond donors (Lipinski definition) is 1. The molecule has 18 heavy (non-hydrogen) atoms. The van der Waals surface area contributed by atoms with E-state index in [1.165, 1.54) is 28.8 Å². The van der Waals surface area contributed by atoms with Gasteiger partial charge in [-0.3, -0.25) is 14.9 Å². The number of non-ortho nitro benzene ring substituents is 1. The number of carbonyl (C=O) groups is 1. The molecule has 0 atom stereocenters. The molecule has 1 aromatic rings. The predicted octanol–water partition coefficient (Wildman–Crippen LogP) is 1.14. The quantitative estimate of drug-likeness (QED) is 0.476. The third-order valence-electron chi connectivity index (χ3n) is 2.27. The molecule has 0 aromatic heterocycles. The summed E-state index contributed by atoms with van der Waals surface area (Å²) in [7, 11) is 1.62. The molecular formula is C11H14N2O4S. The summed E-state index contributed by atoms with van der Waals surface area (Å²) in [5, 5.41) is 19.1. The number of hydrogen-bond acceptors (Lipinski definition) is 5. The molecule has 0 saturated carbocycles. The van der Waals surface area contributed by atoms with Crippen molar-refractivity contribution in [1.29, 1.82) is 0 Å². The van der Waals surface area contributed by atoms with Crippen LogP contribution in [0.5, 0.6) is 0 Å². The van der Waals surface area contributed by atoms with Crippen molar-refractivity contribution in [3.8, 4) is 0 Å². The molecule has 0 radical (unpaired) electrons. The third kappa shape index (κ3) is 4.34. The van der Waals surface area contributed by atoms with Gasteiger partial charge in [0.15, 0.2) is 0 Å². The summed E-state index contributed by atoms with van der Waals surface area (Å²) in [6, 6.07) is 6.04. The van der Waals surface area contributed by atoms with Crippen LogP contribution >= 0.6 is 11.8 Å². The smallest absolute Gasteiger partial charge is 0.269 e. The van der Waals surface area contributed by atoms with Gasteiger partial charge in [-0.05, 0) is 12.1 Å². The highest BCUT2D eigenvalue weighted by molar-refractivity contribution is 8.00. The summed E-state index contributed by atoms with van der Waals surface area (Å²) in [5.41, 5.74) is 0.0306. The van der Waals surface area contributed by atoms with Crippen LogP contribution in [0.3, 0.4) is 0 Å². The van der Waals surface area contributed by atoms with Gasteiger partial charge in [0.25, 0.3) is 5.69 Å². The first-order chi connectivity index (χ1) is 8.54. The molecule has 0 unspecified atom stereocenters. The minimum Gasteiger partial charge on any atom is -0.395 e. The van der Waals surface area contributed by atoms with E-state index in [4.69, 9.17) is 5.11 Å². The SMILES string of the molecule is CN(CCO)C(=O)CSc1ccc([N+](=O)[O-])cc1. The number of nitrogens with zero attached hydrogens (tertiary/aromatic N) is 2. The first kappa shape index (κ1) is 14.5. The highest BCUT2D eigenvalue weighted by Crippen LogP contribution is 2.21. The lowest BCUT2D eigenvalue weighted by Crippen LogP contribution is -2.30. The van der Waals surface area contributed by atoms with E-state index in [-0.39, 0.29) is 24.0 Å². The van der Waals surface area contributed by atoms with Crippen molar-refractivity contribution < 1.29 is 14.8 Å². The molecule has 0 heterocycles. The Bertz CT molecular complexity index is 422. The van der Waals surface area contributed by atoms with Crippen molar-refractivity contribution in [3.05, 3.63) is 34.4 Å². The summed E-state index contributed by atoms with van der Waals surface area (Å²) in [6.07, 6.45) is 0. The van der Waals surface area contributed by atoms with Crippen LogP contribution in [-0.2, 0) is 4.79 Å². The van der Waals surface area contributed by atoms with Gasteiger partial charge in [0.05, 0.1) is 17.3 Å². The zero-order chi connectivity index (χ0) is 13.5. The van der Waals surface area contributed by atoms with Crippen molar-refractivity contribution in [1.82, 2.24) is 4.90 Å². The van der Waals surface area contributed by atoms with Gasteiger partial charge < -0.3 is 10.0 Å². The molecular weight excluding hydrogens is 256 g/mol. The van der Waals surface area contributed by atoms with E-state index >= 15 is 0 Å². The fourth-order valence-electron chi connectivity index (χ4n) is 1.19. The number of amides is 1. The first-order valence-corrected chi connectivity index (χ1v) is 6.25. The van der Waals surface area contributed by atoms with E-state index in [0.717, 1.165) is 4.90 Å². The summed E-state index contributed by atoms with van der Waals surface area (Å²) < 4.78 is 0. The molecule has 0 aliphatic rings. The highest BCUT2D eigenvalue weighted by atomic mass is 32.2. The van der Waals surface area contributed by atoms with Gasteiger partial charge >= 0.3 is 0 Å². The van der Waals surface area contributed by atoms with Gasteiger partial charge in [0.1, 0.15) is 0 Å². The van der Waals surface area contributed by atoms with Gasteiger partial charge in [0.2, 0.25) is 5.91 Å². The molecule has 1 N–H and O–H groups in total. The van der Waals surface area contributed by atoms with Crippen LogP contribution in [0.4, 0.5) is 5.69 Å². The van der Waals surface area contributed by atoms with Crippen LogP contribution in [0.25, 0.3) is 0 Å². The average Bonchev–Trinajstić information content (AvgIpc) is 2.36. The maximum atomic E-state index is 11.6. The summed E-state index contributed by atoms with van der Waals surface area (Å²) in [6.45, 7) is 0.240. The number of nitro groups is 1. The van der Waals surface area contributed by atoms with Gasteiger partial charge in [-0.15, -0.1) is 11.8 Å². The normalized spacial score (nSPS) is 10.1. The van der Waals surface area contributed by atoms with E-state index in [9.17, 15) is 14.9 Å². The second-order valence-corrected chi connectivity index (χ2v) is 4.63. The first-order valence-electron chi connectivity index (χ1n) is 5.26. The summed E-state index contributed by atoms with van der Waals surface area (Å²) in [5.74, 6) is 0.154. The molecule has 1 rings (SSSR count). The minimum absolute atomic E-state index is 0.0306. The monoisotopic (exact) mass is 270 g/mol. The Kier molecular flexibility index (Phi) is 5.60. The number of likely N-dealkylation sites (N-methyl/N-ethyl adjacent to an activating group) is 1. The van der Waals surface area contributed by atoms with Gasteiger partial charge in [0, 0.05) is 30.6 Å². The standard InChI is InChI=1S/C11H14N2O4S/c1-12(6-7-14)11(15)8-18-10-4-2-9(3-5-10)13(16)17/h2-5,14H,6-8H2,1H3.